The van der Waals surface area contributed by atoms with E-state index in [1.54, 1.807) is 11.9 Å². The van der Waals surface area contributed by atoms with Crippen LogP contribution in [0.25, 0.3) is 0 Å². The smallest absolute Gasteiger partial charge is 0.317 e. The minimum Gasteiger partial charge on any atom is -0.480 e. The lowest BCUT2D eigenvalue weighted by Crippen LogP contribution is -2.45. The van der Waals surface area contributed by atoms with Crippen LogP contribution >= 0.6 is 0 Å². The number of carboxylic acids is 3. The van der Waals surface area contributed by atoms with Gasteiger partial charge in [0.05, 0.1) is 19.6 Å². The molecule has 0 bridgehead atoms. The van der Waals surface area contributed by atoms with Gasteiger partial charge in [0.25, 0.3) is 0 Å². The third kappa shape index (κ3) is 14.3. The van der Waals surface area contributed by atoms with Crippen molar-refractivity contribution in [2.75, 3.05) is 59.4 Å². The Bertz CT molecular complexity index is 434. The summed E-state index contributed by atoms with van der Waals surface area (Å²) in [5.41, 5.74) is 0.00972. The number of nitrogens with zero attached hydrogens (tertiary/aromatic N) is 3. The SMILES string of the molecule is CN(CCN(CCN(CC(=O)O)CC(=O)O)CC(C)(C)C)CC(=O)O. The van der Waals surface area contributed by atoms with Crippen LogP contribution in [-0.2, 0) is 14.4 Å². The predicted octanol–water partition coefficient (Wildman–Crippen LogP) is -0.178. The highest BCUT2D eigenvalue weighted by Gasteiger charge is 2.19. The Balaban J connectivity index is 4.70. The van der Waals surface area contributed by atoms with Crippen molar-refractivity contribution in [3.8, 4) is 0 Å². The van der Waals surface area contributed by atoms with E-state index in [1.165, 1.54) is 4.90 Å². The summed E-state index contributed by atoms with van der Waals surface area (Å²) in [6, 6.07) is 0. The molecule has 9 nitrogen and oxygen atoms in total. The largest absolute Gasteiger partial charge is 0.480 e. The molecule has 146 valence electrons. The molecule has 0 aliphatic heterocycles. The van der Waals surface area contributed by atoms with Crippen molar-refractivity contribution in [2.45, 2.75) is 20.8 Å². The van der Waals surface area contributed by atoms with E-state index >= 15 is 0 Å². The molecule has 0 rings (SSSR count). The van der Waals surface area contributed by atoms with Crippen molar-refractivity contribution in [1.29, 1.82) is 0 Å². The number of hydrogen-bond donors (Lipinski definition) is 3. The Morgan fingerprint density at radius 2 is 1.12 bits per heavy atom. The van der Waals surface area contributed by atoms with E-state index in [0.29, 0.717) is 26.2 Å². The third-order valence-corrected chi connectivity index (χ3v) is 3.35. The molecule has 0 radical (unpaired) electrons. The maximum absolute atomic E-state index is 10.9. The van der Waals surface area contributed by atoms with Crippen LogP contribution < -0.4 is 0 Å². The van der Waals surface area contributed by atoms with E-state index in [9.17, 15) is 14.4 Å². The second-order valence-corrected chi connectivity index (χ2v) is 7.47. The molecule has 3 N–H and O–H groups in total. The summed E-state index contributed by atoms with van der Waals surface area (Å²) in [5.74, 6) is -3.02. The first kappa shape index (κ1) is 23.3. The minimum atomic E-state index is -1.06. The van der Waals surface area contributed by atoms with Gasteiger partial charge in [-0.2, -0.15) is 0 Å². The topological polar surface area (TPSA) is 122 Å². The van der Waals surface area contributed by atoms with Crippen LogP contribution in [-0.4, -0.2) is 107 Å². The molecule has 0 saturated heterocycles. The van der Waals surface area contributed by atoms with Crippen LogP contribution in [0.1, 0.15) is 20.8 Å². The molecular weight excluding hydrogens is 330 g/mol. The van der Waals surface area contributed by atoms with Crippen molar-refractivity contribution in [2.24, 2.45) is 5.41 Å². The number of rotatable bonds is 13. The molecule has 25 heavy (non-hydrogen) atoms. The third-order valence-electron chi connectivity index (χ3n) is 3.35. The fourth-order valence-corrected chi connectivity index (χ4v) is 2.44. The predicted molar refractivity (Wildman–Crippen MR) is 92.7 cm³/mol. The minimum absolute atomic E-state index is 0.00972. The first-order valence-electron chi connectivity index (χ1n) is 8.17. The van der Waals surface area contributed by atoms with Crippen LogP contribution in [0.3, 0.4) is 0 Å². The van der Waals surface area contributed by atoms with Crippen molar-refractivity contribution >= 4 is 17.9 Å². The molecule has 9 heteroatoms. The van der Waals surface area contributed by atoms with Gasteiger partial charge in [-0.15, -0.1) is 0 Å². The van der Waals surface area contributed by atoms with Gasteiger partial charge in [-0.1, -0.05) is 20.8 Å². The van der Waals surface area contributed by atoms with Crippen molar-refractivity contribution in [3.63, 3.8) is 0 Å². The number of carboxylic acid groups (broad SMARTS) is 3. The second-order valence-electron chi connectivity index (χ2n) is 7.47. The van der Waals surface area contributed by atoms with Crippen LogP contribution in [0.2, 0.25) is 0 Å². The molecule has 0 aromatic heterocycles. The highest BCUT2D eigenvalue weighted by Crippen LogP contribution is 2.15. The maximum atomic E-state index is 10.9. The molecule has 0 fully saturated rings. The number of carbonyl (C=O) groups is 3. The molecule has 0 unspecified atom stereocenters. The monoisotopic (exact) mass is 361 g/mol. The molecule has 0 amide bonds. The van der Waals surface area contributed by atoms with Gasteiger partial charge < -0.3 is 20.2 Å². The van der Waals surface area contributed by atoms with E-state index < -0.39 is 17.9 Å². The van der Waals surface area contributed by atoms with Crippen LogP contribution in [0.4, 0.5) is 0 Å². The van der Waals surface area contributed by atoms with Gasteiger partial charge in [0.1, 0.15) is 0 Å². The Morgan fingerprint density at radius 1 is 0.720 bits per heavy atom. The molecule has 0 heterocycles. The summed E-state index contributed by atoms with van der Waals surface area (Å²) in [5, 5.41) is 26.6. The van der Waals surface area contributed by atoms with Gasteiger partial charge in [0, 0.05) is 32.7 Å². The van der Waals surface area contributed by atoms with E-state index in [-0.39, 0.29) is 25.0 Å². The lowest BCUT2D eigenvalue weighted by Gasteiger charge is -2.32. The normalized spacial score (nSPS) is 12.1. The van der Waals surface area contributed by atoms with Gasteiger partial charge in [-0.3, -0.25) is 24.2 Å². The van der Waals surface area contributed by atoms with Gasteiger partial charge in [0.2, 0.25) is 0 Å². The Morgan fingerprint density at radius 3 is 1.52 bits per heavy atom. The number of aliphatic carboxylic acids is 3. The lowest BCUT2D eigenvalue weighted by atomic mass is 9.96. The maximum Gasteiger partial charge on any atom is 0.317 e. The van der Waals surface area contributed by atoms with E-state index in [4.69, 9.17) is 15.3 Å². The van der Waals surface area contributed by atoms with E-state index in [0.717, 1.165) is 6.54 Å². The van der Waals surface area contributed by atoms with E-state index in [2.05, 4.69) is 25.7 Å². The zero-order valence-corrected chi connectivity index (χ0v) is 15.6. The van der Waals surface area contributed by atoms with Crippen molar-refractivity contribution in [3.05, 3.63) is 0 Å². The standard InChI is InChI=1S/C16H31N3O6/c1-16(2,3)12-18(6-5-17(4)9-13(20)21)7-8-19(10-14(22)23)11-15(24)25/h5-12H2,1-4H3,(H,20,21)(H,22,23)(H,24,25). The average Bonchev–Trinajstić information content (AvgIpc) is 2.38. The lowest BCUT2D eigenvalue weighted by molar-refractivity contribution is -0.142. The highest BCUT2D eigenvalue weighted by atomic mass is 16.4. The first-order chi connectivity index (χ1) is 11.4. The summed E-state index contributed by atoms with van der Waals surface area (Å²) in [7, 11) is 1.73. The van der Waals surface area contributed by atoms with Crippen LogP contribution in [0.15, 0.2) is 0 Å². The molecular formula is C16H31N3O6. The second kappa shape index (κ2) is 11.0. The Hall–Kier alpha value is -1.71. The molecule has 0 aromatic rings. The molecule has 0 atom stereocenters. The summed E-state index contributed by atoms with van der Waals surface area (Å²) < 4.78 is 0. The summed E-state index contributed by atoms with van der Waals surface area (Å²) in [6.07, 6.45) is 0. The molecule has 0 saturated carbocycles. The van der Waals surface area contributed by atoms with Gasteiger partial charge in [-0.25, -0.2) is 0 Å². The van der Waals surface area contributed by atoms with Gasteiger partial charge in [0.15, 0.2) is 0 Å². The van der Waals surface area contributed by atoms with Gasteiger partial charge in [-0.05, 0) is 12.5 Å². The fraction of sp³-hybridized carbons (Fsp3) is 0.812. The summed E-state index contributed by atoms with van der Waals surface area (Å²) in [4.78, 5) is 37.7. The van der Waals surface area contributed by atoms with Crippen molar-refractivity contribution < 1.29 is 29.7 Å². The van der Waals surface area contributed by atoms with Crippen LogP contribution in [0, 0.1) is 5.41 Å². The molecule has 0 aliphatic carbocycles. The summed E-state index contributed by atoms with van der Waals surface area (Å²) in [6.45, 7) is 8.28. The Labute approximate surface area is 148 Å². The van der Waals surface area contributed by atoms with E-state index in [1.807, 2.05) is 0 Å². The molecule has 0 aliphatic rings. The number of likely N-dealkylation sites (N-methyl/N-ethyl adjacent to an activating group) is 1. The average molecular weight is 361 g/mol. The zero-order valence-electron chi connectivity index (χ0n) is 15.6. The molecule has 0 spiro atoms. The molecule has 0 aromatic carbocycles. The highest BCUT2D eigenvalue weighted by molar-refractivity contribution is 5.72. The fourth-order valence-electron chi connectivity index (χ4n) is 2.44. The van der Waals surface area contributed by atoms with Crippen LogP contribution in [0.5, 0.6) is 0 Å². The quantitative estimate of drug-likeness (QED) is 0.410. The Kier molecular flexibility index (Phi) is 10.3. The summed E-state index contributed by atoms with van der Waals surface area (Å²) >= 11 is 0. The number of hydrogen-bond acceptors (Lipinski definition) is 6. The van der Waals surface area contributed by atoms with Gasteiger partial charge >= 0.3 is 17.9 Å². The zero-order chi connectivity index (χ0) is 19.6. The van der Waals surface area contributed by atoms with Crippen molar-refractivity contribution in [1.82, 2.24) is 14.7 Å². The first-order valence-corrected chi connectivity index (χ1v) is 8.17.